The molecule has 2 heterocycles. The van der Waals surface area contributed by atoms with E-state index in [-0.39, 0.29) is 6.42 Å². The first-order valence-corrected chi connectivity index (χ1v) is 4.38. The van der Waals surface area contributed by atoms with Crippen LogP contribution in [0.2, 0.25) is 0 Å². The van der Waals surface area contributed by atoms with Gasteiger partial charge >= 0.3 is 11.7 Å². The monoisotopic (exact) mass is 211 g/mol. The highest BCUT2D eigenvalue weighted by atomic mass is 16.4. The number of carbonyl (C=O) groups is 1. The van der Waals surface area contributed by atoms with Crippen LogP contribution in [0.3, 0.4) is 0 Å². The summed E-state index contributed by atoms with van der Waals surface area (Å²) in [5.74, 6) is -0.994. The third-order valence-corrected chi connectivity index (χ3v) is 2.31. The van der Waals surface area contributed by atoms with Crippen LogP contribution in [0.1, 0.15) is 23.7 Å². The van der Waals surface area contributed by atoms with E-state index in [1.54, 1.807) is 0 Å². The molecule has 80 valence electrons. The van der Waals surface area contributed by atoms with Gasteiger partial charge in [-0.05, 0) is 0 Å². The largest absolute Gasteiger partial charge is 0.481 e. The van der Waals surface area contributed by atoms with Crippen LogP contribution in [0.25, 0.3) is 0 Å². The molecule has 0 aliphatic carbocycles. The molecule has 1 aromatic heterocycles. The second-order valence-corrected chi connectivity index (χ2v) is 3.33. The van der Waals surface area contributed by atoms with Gasteiger partial charge in [0.1, 0.15) is 0 Å². The van der Waals surface area contributed by atoms with Gasteiger partial charge in [0.25, 0.3) is 5.56 Å². The van der Waals surface area contributed by atoms with E-state index in [1.165, 1.54) is 0 Å². The molecule has 0 spiro atoms. The molecule has 7 nitrogen and oxygen atoms in total. The maximum atomic E-state index is 11.4. The van der Waals surface area contributed by atoms with Gasteiger partial charge in [-0.15, -0.1) is 0 Å². The molecule has 0 radical (unpaired) electrons. The molecular formula is C8H9N3O4. The van der Waals surface area contributed by atoms with Crippen LogP contribution >= 0.6 is 0 Å². The van der Waals surface area contributed by atoms with Crippen molar-refractivity contribution in [3.8, 4) is 0 Å². The number of nitrogens with one attached hydrogen (secondary N) is 3. The fourth-order valence-electron chi connectivity index (χ4n) is 1.73. The van der Waals surface area contributed by atoms with E-state index in [9.17, 15) is 14.4 Å². The van der Waals surface area contributed by atoms with Crippen LogP contribution in [0, 0.1) is 0 Å². The van der Waals surface area contributed by atoms with E-state index in [0.717, 1.165) is 0 Å². The highest BCUT2D eigenvalue weighted by molar-refractivity contribution is 5.68. The average molecular weight is 211 g/mol. The third-order valence-electron chi connectivity index (χ3n) is 2.31. The summed E-state index contributed by atoms with van der Waals surface area (Å²) in [5.41, 5.74) is -0.312. The van der Waals surface area contributed by atoms with Crippen LogP contribution in [-0.4, -0.2) is 21.0 Å². The van der Waals surface area contributed by atoms with Gasteiger partial charge < -0.3 is 15.4 Å². The molecule has 1 aliphatic rings. The molecule has 1 atom stereocenters. The molecule has 0 amide bonds. The molecule has 4 N–H and O–H groups in total. The summed E-state index contributed by atoms with van der Waals surface area (Å²) in [6, 6.07) is -0.530. The lowest BCUT2D eigenvalue weighted by atomic mass is 10.1. The minimum absolute atomic E-state index is 0.178. The van der Waals surface area contributed by atoms with Gasteiger partial charge in [0.15, 0.2) is 0 Å². The third kappa shape index (κ3) is 1.68. The minimum Gasteiger partial charge on any atom is -0.481 e. The Kier molecular flexibility index (Phi) is 2.16. The van der Waals surface area contributed by atoms with Crippen molar-refractivity contribution in [3.63, 3.8) is 0 Å². The maximum absolute atomic E-state index is 11.4. The van der Waals surface area contributed by atoms with Gasteiger partial charge in [-0.3, -0.25) is 14.6 Å². The van der Waals surface area contributed by atoms with Crippen LogP contribution in [-0.2, 0) is 11.3 Å². The summed E-state index contributed by atoms with van der Waals surface area (Å²) in [5, 5.41) is 11.5. The summed E-state index contributed by atoms with van der Waals surface area (Å²) in [7, 11) is 0. The van der Waals surface area contributed by atoms with Crippen LogP contribution in [0.5, 0.6) is 0 Å². The summed E-state index contributed by atoms with van der Waals surface area (Å²) in [6.07, 6.45) is -0.178. The van der Waals surface area contributed by atoms with E-state index in [1.807, 2.05) is 0 Å². The van der Waals surface area contributed by atoms with Gasteiger partial charge in [0.2, 0.25) is 0 Å². The standard InChI is InChI=1S/C8H9N3O4/c12-5(13)1-3-6-4(2-9-3)10-8(15)11-7(6)14/h3,9H,1-2H2,(H,12,13)(H2,10,11,14,15). The molecule has 1 aliphatic heterocycles. The summed E-state index contributed by atoms with van der Waals surface area (Å²) >= 11 is 0. The van der Waals surface area contributed by atoms with Gasteiger partial charge in [-0.25, -0.2) is 4.79 Å². The number of aromatic amines is 2. The second kappa shape index (κ2) is 3.35. The number of rotatable bonds is 2. The fraction of sp³-hybridized carbons (Fsp3) is 0.375. The number of carboxylic acids is 1. The minimum atomic E-state index is -0.994. The van der Waals surface area contributed by atoms with Gasteiger partial charge in [0.05, 0.1) is 18.0 Å². The maximum Gasteiger partial charge on any atom is 0.325 e. The number of fused-ring (bicyclic) bond motifs is 1. The zero-order valence-corrected chi connectivity index (χ0v) is 7.66. The molecular weight excluding hydrogens is 202 g/mol. The fourth-order valence-corrected chi connectivity index (χ4v) is 1.73. The van der Waals surface area contributed by atoms with E-state index in [4.69, 9.17) is 5.11 Å². The van der Waals surface area contributed by atoms with Gasteiger partial charge in [0, 0.05) is 12.2 Å². The average Bonchev–Trinajstić information content (AvgIpc) is 2.46. The number of H-pyrrole nitrogens is 2. The lowest BCUT2D eigenvalue weighted by Crippen LogP contribution is -2.28. The van der Waals surface area contributed by atoms with Crippen LogP contribution < -0.4 is 16.6 Å². The van der Waals surface area contributed by atoms with Crippen molar-refractivity contribution >= 4 is 5.97 Å². The lowest BCUT2D eigenvalue weighted by Gasteiger charge is -2.06. The molecule has 0 fully saturated rings. The molecule has 0 saturated carbocycles. The number of aromatic nitrogens is 2. The first-order chi connectivity index (χ1) is 7.08. The van der Waals surface area contributed by atoms with Crippen molar-refractivity contribution in [1.29, 1.82) is 0 Å². The normalized spacial score (nSPS) is 18.8. The molecule has 7 heteroatoms. The molecule has 0 aromatic carbocycles. The van der Waals surface area contributed by atoms with E-state index in [0.29, 0.717) is 17.8 Å². The molecule has 0 bridgehead atoms. The lowest BCUT2D eigenvalue weighted by molar-refractivity contribution is -0.137. The Morgan fingerprint density at radius 1 is 1.40 bits per heavy atom. The zero-order chi connectivity index (χ0) is 11.0. The highest BCUT2D eigenvalue weighted by Gasteiger charge is 2.27. The summed E-state index contributed by atoms with van der Waals surface area (Å²) < 4.78 is 0. The van der Waals surface area contributed by atoms with Crippen molar-refractivity contribution in [1.82, 2.24) is 15.3 Å². The van der Waals surface area contributed by atoms with Crippen LogP contribution in [0.15, 0.2) is 9.59 Å². The van der Waals surface area contributed by atoms with Crippen molar-refractivity contribution in [2.45, 2.75) is 19.0 Å². The highest BCUT2D eigenvalue weighted by Crippen LogP contribution is 2.21. The quantitative estimate of drug-likeness (QED) is 0.484. The Labute approximate surface area is 83.2 Å². The number of aliphatic carboxylic acids is 1. The number of hydrogen-bond donors (Lipinski definition) is 4. The van der Waals surface area contributed by atoms with Crippen molar-refractivity contribution in [2.24, 2.45) is 0 Å². The zero-order valence-electron chi connectivity index (χ0n) is 7.66. The molecule has 1 unspecified atom stereocenters. The predicted octanol–water partition coefficient (Wildman–Crippen LogP) is -1.32. The second-order valence-electron chi connectivity index (χ2n) is 3.33. The Balaban J connectivity index is 2.46. The SMILES string of the molecule is O=C(O)CC1NCc2[nH]c(=O)[nH]c(=O)c21. The summed E-state index contributed by atoms with van der Waals surface area (Å²) in [6.45, 7) is 0.312. The smallest absolute Gasteiger partial charge is 0.325 e. The van der Waals surface area contributed by atoms with Crippen molar-refractivity contribution in [2.75, 3.05) is 0 Å². The topological polar surface area (TPSA) is 115 Å². The van der Waals surface area contributed by atoms with Crippen molar-refractivity contribution < 1.29 is 9.90 Å². The van der Waals surface area contributed by atoms with Gasteiger partial charge in [-0.2, -0.15) is 0 Å². The molecule has 1 aromatic rings. The molecule has 0 saturated heterocycles. The Bertz CT molecular complexity index is 515. The first kappa shape index (κ1) is 9.66. The Morgan fingerprint density at radius 3 is 2.80 bits per heavy atom. The number of hydrogen-bond acceptors (Lipinski definition) is 4. The van der Waals surface area contributed by atoms with E-state index < -0.39 is 23.3 Å². The van der Waals surface area contributed by atoms with E-state index >= 15 is 0 Å². The van der Waals surface area contributed by atoms with Crippen molar-refractivity contribution in [3.05, 3.63) is 32.1 Å². The molecule has 2 rings (SSSR count). The van der Waals surface area contributed by atoms with Crippen LogP contribution in [0.4, 0.5) is 0 Å². The Morgan fingerprint density at radius 2 is 2.13 bits per heavy atom. The first-order valence-electron chi connectivity index (χ1n) is 4.38. The van der Waals surface area contributed by atoms with E-state index in [2.05, 4.69) is 15.3 Å². The predicted molar refractivity (Wildman–Crippen MR) is 49.5 cm³/mol. The summed E-state index contributed by atoms with van der Waals surface area (Å²) in [4.78, 5) is 37.4. The van der Waals surface area contributed by atoms with Gasteiger partial charge in [-0.1, -0.05) is 0 Å². The number of carboxylic acid groups (broad SMARTS) is 1. The Hall–Kier alpha value is -1.89. The molecule has 15 heavy (non-hydrogen) atoms.